The zero-order valence-electron chi connectivity index (χ0n) is 9.02. The van der Waals surface area contributed by atoms with Gasteiger partial charge in [0, 0.05) is 16.8 Å². The Kier molecular flexibility index (Phi) is 1.69. The van der Waals surface area contributed by atoms with Gasteiger partial charge in [-0.25, -0.2) is 4.68 Å². The number of rotatable bonds is 0. The van der Waals surface area contributed by atoms with Crippen LogP contribution in [0.15, 0.2) is 42.5 Å². The van der Waals surface area contributed by atoms with Gasteiger partial charge in [-0.2, -0.15) is 5.10 Å². The smallest absolute Gasteiger partial charge is 0.0930 e. The molecule has 1 aliphatic rings. The summed E-state index contributed by atoms with van der Waals surface area (Å²) in [5, 5.41) is 6.66. The molecule has 1 aromatic heterocycles. The quantitative estimate of drug-likeness (QED) is 0.459. The van der Waals surface area contributed by atoms with Crippen molar-refractivity contribution >= 4 is 22.5 Å². The van der Waals surface area contributed by atoms with Crippen LogP contribution in [0.3, 0.4) is 0 Å². The Morgan fingerprint density at radius 1 is 1.12 bits per heavy atom. The molecule has 0 N–H and O–H groups in total. The van der Waals surface area contributed by atoms with Crippen LogP contribution < -0.4 is 0 Å². The van der Waals surface area contributed by atoms with Gasteiger partial charge >= 0.3 is 0 Å². The van der Waals surface area contributed by atoms with Crippen molar-refractivity contribution < 1.29 is 0 Å². The minimum absolute atomic E-state index is 0.791. The molecule has 2 aromatic carbocycles. The fourth-order valence-corrected chi connectivity index (χ4v) is 2.73. The van der Waals surface area contributed by atoms with Crippen LogP contribution in [0.5, 0.6) is 0 Å². The van der Waals surface area contributed by atoms with E-state index in [0.717, 1.165) is 22.6 Å². The van der Waals surface area contributed by atoms with E-state index in [9.17, 15) is 0 Å². The molecule has 0 fully saturated rings. The first-order valence-electron chi connectivity index (χ1n) is 5.58. The average Bonchev–Trinajstić information content (AvgIpc) is 2.84. The molecule has 2 heterocycles. The maximum Gasteiger partial charge on any atom is 0.0930 e. The molecule has 82 valence electrons. The topological polar surface area (TPSA) is 17.8 Å². The van der Waals surface area contributed by atoms with Crippen molar-refractivity contribution in [3.8, 4) is 5.69 Å². The molecule has 3 heteroatoms. The highest BCUT2D eigenvalue weighted by Gasteiger charge is 2.22. The summed E-state index contributed by atoms with van der Waals surface area (Å²) in [7, 11) is 0. The predicted molar refractivity (Wildman–Crippen MR) is 68.9 cm³/mol. The van der Waals surface area contributed by atoms with Crippen LogP contribution >= 0.6 is 11.6 Å². The Hall–Kier alpha value is -1.80. The van der Waals surface area contributed by atoms with Crippen LogP contribution in [0.4, 0.5) is 0 Å². The van der Waals surface area contributed by atoms with E-state index in [1.54, 1.807) is 0 Å². The third kappa shape index (κ3) is 1.19. The Bertz CT molecular complexity index is 743. The van der Waals surface area contributed by atoms with Crippen LogP contribution in [0.1, 0.15) is 11.3 Å². The van der Waals surface area contributed by atoms with Crippen LogP contribution in [-0.4, -0.2) is 9.78 Å². The molecule has 0 saturated carbocycles. The van der Waals surface area contributed by atoms with Gasteiger partial charge in [-0.15, -0.1) is 0 Å². The summed E-state index contributed by atoms with van der Waals surface area (Å²) in [6, 6.07) is 14.2. The minimum Gasteiger partial charge on any atom is -0.236 e. The van der Waals surface area contributed by atoms with Gasteiger partial charge in [-0.1, -0.05) is 29.8 Å². The van der Waals surface area contributed by atoms with Crippen molar-refractivity contribution in [3.05, 3.63) is 58.7 Å². The average molecular weight is 241 g/mol. The molecular weight excluding hydrogens is 232 g/mol. The van der Waals surface area contributed by atoms with Gasteiger partial charge in [0.1, 0.15) is 0 Å². The highest BCUT2D eigenvalue weighted by atomic mass is 35.5. The molecule has 0 saturated heterocycles. The van der Waals surface area contributed by atoms with E-state index in [1.807, 2.05) is 28.9 Å². The summed E-state index contributed by atoms with van der Waals surface area (Å²) in [6.07, 6.45) is 0.913. The standard InChI is InChI=1S/C14H9ClN2/c15-10-5-6-13-9(7-10)8-14-11-3-1-2-4-12(11)16-17(13)14/h1-7H,8H2. The van der Waals surface area contributed by atoms with Crippen molar-refractivity contribution in [3.63, 3.8) is 0 Å². The number of hydrogen-bond donors (Lipinski definition) is 0. The normalized spacial score (nSPS) is 12.8. The van der Waals surface area contributed by atoms with Gasteiger partial charge in [-0.05, 0) is 29.8 Å². The van der Waals surface area contributed by atoms with Crippen molar-refractivity contribution in [2.24, 2.45) is 0 Å². The van der Waals surface area contributed by atoms with Crippen molar-refractivity contribution in [2.75, 3.05) is 0 Å². The summed E-state index contributed by atoms with van der Waals surface area (Å²) in [5.74, 6) is 0. The molecule has 0 radical (unpaired) electrons. The second-order valence-corrected chi connectivity index (χ2v) is 4.76. The molecule has 0 bridgehead atoms. The molecule has 3 aromatic rings. The number of benzene rings is 2. The van der Waals surface area contributed by atoms with Gasteiger partial charge in [0.05, 0.1) is 16.9 Å². The molecule has 0 atom stereocenters. The number of hydrogen-bond acceptors (Lipinski definition) is 1. The van der Waals surface area contributed by atoms with Crippen LogP contribution in [0, 0.1) is 0 Å². The van der Waals surface area contributed by atoms with Crippen LogP contribution in [0.2, 0.25) is 5.02 Å². The van der Waals surface area contributed by atoms with E-state index in [2.05, 4.69) is 23.3 Å². The maximum absolute atomic E-state index is 6.02. The summed E-state index contributed by atoms with van der Waals surface area (Å²) in [6.45, 7) is 0. The third-order valence-electron chi connectivity index (χ3n) is 3.31. The zero-order valence-corrected chi connectivity index (χ0v) is 9.78. The first-order valence-corrected chi connectivity index (χ1v) is 5.96. The second-order valence-electron chi connectivity index (χ2n) is 4.33. The molecule has 1 aliphatic heterocycles. The Morgan fingerprint density at radius 2 is 2.00 bits per heavy atom. The highest BCUT2D eigenvalue weighted by molar-refractivity contribution is 6.30. The molecule has 0 unspecified atom stereocenters. The number of halogens is 1. The van der Waals surface area contributed by atoms with Crippen molar-refractivity contribution in [1.29, 1.82) is 0 Å². The van der Waals surface area contributed by atoms with E-state index >= 15 is 0 Å². The lowest BCUT2D eigenvalue weighted by Crippen LogP contribution is -1.93. The van der Waals surface area contributed by atoms with E-state index in [4.69, 9.17) is 11.6 Å². The monoisotopic (exact) mass is 240 g/mol. The van der Waals surface area contributed by atoms with Gasteiger partial charge in [-0.3, -0.25) is 0 Å². The Morgan fingerprint density at radius 3 is 2.94 bits per heavy atom. The minimum atomic E-state index is 0.791. The van der Waals surface area contributed by atoms with Gasteiger partial charge in [0.2, 0.25) is 0 Å². The number of fused-ring (bicyclic) bond motifs is 5. The van der Waals surface area contributed by atoms with Crippen LogP contribution in [0.25, 0.3) is 16.6 Å². The summed E-state index contributed by atoms with van der Waals surface area (Å²) >= 11 is 6.02. The first-order chi connectivity index (χ1) is 8.33. The lowest BCUT2D eigenvalue weighted by Gasteiger charge is -2.00. The number of nitrogens with zero attached hydrogens (tertiary/aromatic N) is 2. The Labute approximate surface area is 103 Å². The van der Waals surface area contributed by atoms with E-state index in [0.29, 0.717) is 0 Å². The summed E-state index contributed by atoms with van der Waals surface area (Å²) in [5.41, 5.74) is 4.73. The van der Waals surface area contributed by atoms with Crippen molar-refractivity contribution in [2.45, 2.75) is 6.42 Å². The lowest BCUT2D eigenvalue weighted by molar-refractivity contribution is 0.885. The maximum atomic E-state index is 6.02. The Balaban J connectivity index is 2.06. The molecular formula is C14H9ClN2. The molecule has 0 amide bonds. The van der Waals surface area contributed by atoms with E-state index in [1.165, 1.54) is 16.6 Å². The van der Waals surface area contributed by atoms with E-state index in [-0.39, 0.29) is 0 Å². The molecule has 17 heavy (non-hydrogen) atoms. The first kappa shape index (κ1) is 9.25. The SMILES string of the molecule is Clc1ccc2c(c1)Cc1c3ccccc3nn1-2. The summed E-state index contributed by atoms with van der Waals surface area (Å²) in [4.78, 5) is 0. The largest absolute Gasteiger partial charge is 0.236 e. The van der Waals surface area contributed by atoms with Gasteiger partial charge in [0.25, 0.3) is 0 Å². The third-order valence-corrected chi connectivity index (χ3v) is 3.54. The van der Waals surface area contributed by atoms with Gasteiger partial charge < -0.3 is 0 Å². The fourth-order valence-electron chi connectivity index (χ4n) is 2.54. The van der Waals surface area contributed by atoms with Crippen molar-refractivity contribution in [1.82, 2.24) is 9.78 Å². The molecule has 0 spiro atoms. The molecule has 4 rings (SSSR count). The van der Waals surface area contributed by atoms with E-state index < -0.39 is 0 Å². The fraction of sp³-hybridized carbons (Fsp3) is 0.0714. The van der Waals surface area contributed by atoms with Crippen LogP contribution in [-0.2, 0) is 6.42 Å². The highest BCUT2D eigenvalue weighted by Crippen LogP contribution is 2.33. The molecule has 0 aliphatic carbocycles. The lowest BCUT2D eigenvalue weighted by atomic mass is 10.1. The zero-order chi connectivity index (χ0) is 11.4. The van der Waals surface area contributed by atoms with Gasteiger partial charge in [0.15, 0.2) is 0 Å². The predicted octanol–water partition coefficient (Wildman–Crippen LogP) is 3.58. The summed E-state index contributed by atoms with van der Waals surface area (Å²) < 4.78 is 2.04. The number of aromatic nitrogens is 2. The second kappa shape index (κ2) is 3.11. The molecule has 2 nitrogen and oxygen atoms in total.